The fourth-order valence-corrected chi connectivity index (χ4v) is 2.31. The van der Waals surface area contributed by atoms with Gasteiger partial charge in [-0.3, -0.25) is 4.79 Å². The minimum Gasteiger partial charge on any atom is -0.361 e. The van der Waals surface area contributed by atoms with Crippen LogP contribution in [0.2, 0.25) is 0 Å². The summed E-state index contributed by atoms with van der Waals surface area (Å²) in [7, 11) is 0. The molecule has 0 aliphatic carbocycles. The summed E-state index contributed by atoms with van der Waals surface area (Å²) in [6.07, 6.45) is 5.29. The Balaban J connectivity index is 2.67. The van der Waals surface area contributed by atoms with Gasteiger partial charge in [0, 0.05) is 18.5 Å². The van der Waals surface area contributed by atoms with Crippen LogP contribution in [0.25, 0.3) is 0 Å². The van der Waals surface area contributed by atoms with Crippen molar-refractivity contribution < 1.29 is 9.32 Å². The smallest absolute Gasteiger partial charge is 0.273 e. The van der Waals surface area contributed by atoms with Crippen LogP contribution in [0.15, 0.2) is 10.6 Å². The highest BCUT2D eigenvalue weighted by Crippen LogP contribution is 2.32. The van der Waals surface area contributed by atoms with E-state index in [0.717, 1.165) is 25.0 Å². The highest BCUT2D eigenvalue weighted by Gasteiger charge is 2.30. The molecule has 0 spiro atoms. The lowest BCUT2D eigenvalue weighted by molar-refractivity contribution is 0.0874. The summed E-state index contributed by atoms with van der Waals surface area (Å²) in [4.78, 5) is 12.2. The van der Waals surface area contributed by atoms with E-state index in [0.29, 0.717) is 5.69 Å². The number of hydrogen-bond donors (Lipinski definition) is 1. The predicted octanol–water partition coefficient (Wildman–Crippen LogP) is 3.96. The van der Waals surface area contributed by atoms with Crippen LogP contribution in [0.3, 0.4) is 0 Å². The number of aromatic nitrogens is 1. The third-order valence-corrected chi connectivity index (χ3v) is 4.44. The minimum absolute atomic E-state index is 0.119. The van der Waals surface area contributed by atoms with Gasteiger partial charge in [-0.05, 0) is 25.2 Å². The second-order valence-corrected chi connectivity index (χ2v) is 5.84. The zero-order valence-electron chi connectivity index (χ0n) is 13.5. The van der Waals surface area contributed by atoms with Crippen molar-refractivity contribution in [1.29, 1.82) is 0 Å². The molecule has 1 aromatic heterocycles. The Kier molecular flexibility index (Phi) is 6.24. The maximum absolute atomic E-state index is 12.2. The van der Waals surface area contributed by atoms with Crippen molar-refractivity contribution in [3.8, 4) is 0 Å². The van der Waals surface area contributed by atoms with Crippen molar-refractivity contribution in [3.05, 3.63) is 17.5 Å². The second-order valence-electron chi connectivity index (χ2n) is 5.84. The van der Waals surface area contributed by atoms with Crippen LogP contribution >= 0.6 is 0 Å². The van der Waals surface area contributed by atoms with Gasteiger partial charge in [-0.1, -0.05) is 45.7 Å². The lowest BCUT2D eigenvalue weighted by atomic mass is 9.76. The van der Waals surface area contributed by atoms with Crippen molar-refractivity contribution in [2.24, 2.45) is 5.41 Å². The van der Waals surface area contributed by atoms with E-state index in [9.17, 15) is 4.79 Å². The Hall–Kier alpha value is -1.32. The largest absolute Gasteiger partial charge is 0.361 e. The molecule has 0 aliphatic rings. The monoisotopic (exact) mass is 280 g/mol. The quantitative estimate of drug-likeness (QED) is 0.784. The van der Waals surface area contributed by atoms with Crippen LogP contribution < -0.4 is 5.32 Å². The number of rotatable bonds is 8. The predicted molar refractivity (Wildman–Crippen MR) is 80.7 cm³/mol. The van der Waals surface area contributed by atoms with E-state index in [4.69, 9.17) is 4.52 Å². The lowest BCUT2D eigenvalue weighted by Gasteiger charge is -2.35. The van der Waals surface area contributed by atoms with E-state index < -0.39 is 0 Å². The van der Waals surface area contributed by atoms with Crippen molar-refractivity contribution in [2.75, 3.05) is 0 Å². The molecule has 1 N–H and O–H groups in total. The first-order valence-electron chi connectivity index (χ1n) is 7.73. The molecule has 1 heterocycles. The second kappa shape index (κ2) is 7.46. The van der Waals surface area contributed by atoms with Gasteiger partial charge >= 0.3 is 0 Å². The average molecular weight is 280 g/mol. The van der Waals surface area contributed by atoms with Gasteiger partial charge in [0.05, 0.1) is 0 Å². The Labute approximate surface area is 122 Å². The van der Waals surface area contributed by atoms with Crippen LogP contribution in [0.1, 0.15) is 76.6 Å². The van der Waals surface area contributed by atoms with Gasteiger partial charge in [0.1, 0.15) is 5.76 Å². The summed E-state index contributed by atoms with van der Waals surface area (Å²) in [6.45, 7) is 10.7. The minimum atomic E-state index is -0.142. The van der Waals surface area contributed by atoms with E-state index >= 15 is 0 Å². The maximum atomic E-state index is 12.2. The molecule has 0 fully saturated rings. The highest BCUT2D eigenvalue weighted by molar-refractivity contribution is 5.92. The first kappa shape index (κ1) is 16.7. The van der Waals surface area contributed by atoms with Crippen LogP contribution in [0, 0.1) is 5.41 Å². The first-order chi connectivity index (χ1) is 9.46. The lowest BCUT2D eigenvalue weighted by Crippen LogP contribution is -2.44. The molecule has 0 aliphatic heterocycles. The van der Waals surface area contributed by atoms with E-state index in [1.54, 1.807) is 6.07 Å². The van der Waals surface area contributed by atoms with Gasteiger partial charge in [0.15, 0.2) is 5.69 Å². The summed E-state index contributed by atoms with van der Waals surface area (Å²) >= 11 is 0. The van der Waals surface area contributed by atoms with E-state index in [-0.39, 0.29) is 17.4 Å². The molecule has 0 saturated heterocycles. The van der Waals surface area contributed by atoms with Gasteiger partial charge in [-0.25, -0.2) is 0 Å². The van der Waals surface area contributed by atoms with Crippen LogP contribution in [0.4, 0.5) is 0 Å². The number of carbonyl (C=O) groups excluding carboxylic acids is 1. The van der Waals surface area contributed by atoms with E-state index in [1.165, 1.54) is 12.8 Å². The molecule has 114 valence electrons. The van der Waals surface area contributed by atoms with Gasteiger partial charge in [-0.15, -0.1) is 0 Å². The van der Waals surface area contributed by atoms with Crippen molar-refractivity contribution in [3.63, 3.8) is 0 Å². The van der Waals surface area contributed by atoms with E-state index in [2.05, 4.69) is 38.2 Å². The van der Waals surface area contributed by atoms with E-state index in [1.807, 2.05) is 6.92 Å². The Morgan fingerprint density at radius 3 is 2.65 bits per heavy atom. The normalized spacial score (nSPS) is 15.7. The first-order valence-corrected chi connectivity index (χ1v) is 7.73. The van der Waals surface area contributed by atoms with Crippen LogP contribution in [-0.4, -0.2) is 17.1 Å². The fourth-order valence-electron chi connectivity index (χ4n) is 2.31. The number of amides is 1. The maximum Gasteiger partial charge on any atom is 0.273 e. The van der Waals surface area contributed by atoms with Gasteiger partial charge in [-0.2, -0.15) is 0 Å². The molecule has 0 saturated carbocycles. The summed E-state index contributed by atoms with van der Waals surface area (Å²) in [6, 6.07) is 1.84. The third kappa shape index (κ3) is 4.09. The highest BCUT2D eigenvalue weighted by atomic mass is 16.5. The number of hydrogen-bond acceptors (Lipinski definition) is 3. The zero-order valence-corrected chi connectivity index (χ0v) is 13.5. The molecular formula is C16H28N2O2. The SMILES string of the molecule is CCCCC(C)(CC)C(C)NC(=O)c1cc(CC)on1. The summed E-state index contributed by atoms with van der Waals surface area (Å²) in [5, 5.41) is 6.90. The molecule has 1 aromatic rings. The summed E-state index contributed by atoms with van der Waals surface area (Å²) in [5.74, 6) is 0.601. The molecule has 4 nitrogen and oxygen atoms in total. The number of unbranched alkanes of at least 4 members (excludes halogenated alkanes) is 1. The molecule has 1 rings (SSSR count). The van der Waals surface area contributed by atoms with Crippen molar-refractivity contribution in [2.45, 2.75) is 72.8 Å². The fraction of sp³-hybridized carbons (Fsp3) is 0.750. The molecular weight excluding hydrogens is 252 g/mol. The van der Waals surface area contributed by atoms with Crippen LogP contribution in [-0.2, 0) is 6.42 Å². The Morgan fingerprint density at radius 2 is 2.15 bits per heavy atom. The standard InChI is InChI=1S/C16H28N2O2/c1-6-9-10-16(5,8-3)12(4)17-15(19)14-11-13(7-2)20-18-14/h11-12H,6-10H2,1-5H3,(H,17,19). The van der Waals surface area contributed by atoms with Crippen LogP contribution in [0.5, 0.6) is 0 Å². The number of carbonyl (C=O) groups is 1. The molecule has 0 bridgehead atoms. The Bertz CT molecular complexity index is 428. The van der Waals surface area contributed by atoms with Crippen molar-refractivity contribution in [1.82, 2.24) is 10.5 Å². The van der Waals surface area contributed by atoms with Gasteiger partial charge in [0.25, 0.3) is 5.91 Å². The van der Waals surface area contributed by atoms with Gasteiger partial charge in [0.2, 0.25) is 0 Å². The van der Waals surface area contributed by atoms with Gasteiger partial charge < -0.3 is 9.84 Å². The Morgan fingerprint density at radius 1 is 1.45 bits per heavy atom. The topological polar surface area (TPSA) is 55.1 Å². The summed E-state index contributed by atoms with van der Waals surface area (Å²) < 4.78 is 5.08. The molecule has 2 atom stereocenters. The molecule has 20 heavy (non-hydrogen) atoms. The third-order valence-electron chi connectivity index (χ3n) is 4.44. The molecule has 0 radical (unpaired) electrons. The van der Waals surface area contributed by atoms with Crippen molar-refractivity contribution >= 4 is 5.91 Å². The molecule has 1 amide bonds. The average Bonchev–Trinajstić information content (AvgIpc) is 2.93. The molecule has 0 aromatic carbocycles. The molecule has 4 heteroatoms. The number of aryl methyl sites for hydroxylation is 1. The summed E-state index contributed by atoms with van der Waals surface area (Å²) in [5.41, 5.74) is 0.505. The molecule has 2 unspecified atom stereocenters. The number of nitrogens with one attached hydrogen (secondary N) is 1. The number of nitrogens with zero attached hydrogens (tertiary/aromatic N) is 1. The zero-order chi connectivity index (χ0) is 15.2.